The lowest BCUT2D eigenvalue weighted by atomic mass is 9.76. The van der Waals surface area contributed by atoms with E-state index in [-0.39, 0.29) is 5.41 Å². The van der Waals surface area contributed by atoms with E-state index in [2.05, 4.69) is 86.5 Å². The normalized spacial score (nSPS) is 21.9. The summed E-state index contributed by atoms with van der Waals surface area (Å²) in [6.45, 7) is 4.50. The van der Waals surface area contributed by atoms with E-state index in [9.17, 15) is 0 Å². The third-order valence-corrected chi connectivity index (χ3v) is 6.29. The standard InChI is InChI=1S/C24H23NO2/c1-23(2)19-11-7-8-12-20(19)25(3)24(23)14-13-18-17-10-6-5-9-16(17)15-21(26-4)22(18)27-24/h5-15H,1-4H3. The van der Waals surface area contributed by atoms with Crippen LogP contribution in [0.4, 0.5) is 5.69 Å². The van der Waals surface area contributed by atoms with E-state index < -0.39 is 5.72 Å². The van der Waals surface area contributed by atoms with Crippen molar-refractivity contribution in [2.75, 3.05) is 19.1 Å². The molecular formula is C24H23NO2. The van der Waals surface area contributed by atoms with Gasteiger partial charge < -0.3 is 14.4 Å². The first-order valence-corrected chi connectivity index (χ1v) is 9.31. The van der Waals surface area contributed by atoms with Gasteiger partial charge >= 0.3 is 0 Å². The zero-order valence-electron chi connectivity index (χ0n) is 16.1. The maximum Gasteiger partial charge on any atom is 0.212 e. The Morgan fingerprint density at radius 2 is 1.74 bits per heavy atom. The van der Waals surface area contributed by atoms with Crippen LogP contribution in [0.1, 0.15) is 25.0 Å². The van der Waals surface area contributed by atoms with Gasteiger partial charge in [0.2, 0.25) is 5.72 Å². The molecule has 3 aromatic carbocycles. The fourth-order valence-corrected chi connectivity index (χ4v) is 4.74. The van der Waals surface area contributed by atoms with Crippen molar-refractivity contribution in [2.45, 2.75) is 25.0 Å². The number of hydrogen-bond acceptors (Lipinski definition) is 3. The SMILES string of the molecule is COc1cc2ccccc2c2c1OC1(C=C2)N(C)c2ccccc2C1(C)C. The van der Waals surface area contributed by atoms with Crippen molar-refractivity contribution >= 4 is 22.5 Å². The van der Waals surface area contributed by atoms with Gasteiger partial charge in [0.15, 0.2) is 11.5 Å². The van der Waals surface area contributed by atoms with Crippen LogP contribution in [0.25, 0.3) is 16.8 Å². The van der Waals surface area contributed by atoms with Crippen molar-refractivity contribution < 1.29 is 9.47 Å². The van der Waals surface area contributed by atoms with Crippen molar-refractivity contribution in [3.63, 3.8) is 0 Å². The second-order valence-electron chi connectivity index (χ2n) is 7.88. The Bertz CT molecular complexity index is 1100. The first-order chi connectivity index (χ1) is 13.0. The van der Waals surface area contributed by atoms with Crippen LogP contribution in [0.3, 0.4) is 0 Å². The van der Waals surface area contributed by atoms with Gasteiger partial charge in [-0.15, -0.1) is 0 Å². The van der Waals surface area contributed by atoms with E-state index in [1.165, 1.54) is 16.6 Å². The van der Waals surface area contributed by atoms with Gasteiger partial charge in [0.05, 0.1) is 12.5 Å². The van der Waals surface area contributed by atoms with E-state index in [1.54, 1.807) is 7.11 Å². The minimum Gasteiger partial charge on any atom is -0.493 e. The highest BCUT2D eigenvalue weighted by Gasteiger charge is 2.57. The van der Waals surface area contributed by atoms with Crippen molar-refractivity contribution in [1.29, 1.82) is 0 Å². The zero-order chi connectivity index (χ0) is 18.8. The largest absolute Gasteiger partial charge is 0.493 e. The highest BCUT2D eigenvalue weighted by Crippen LogP contribution is 2.56. The maximum atomic E-state index is 6.83. The van der Waals surface area contributed by atoms with Gasteiger partial charge in [-0.2, -0.15) is 0 Å². The lowest BCUT2D eigenvalue weighted by molar-refractivity contribution is 0.0554. The van der Waals surface area contributed by atoms with Crippen molar-refractivity contribution in [2.24, 2.45) is 0 Å². The van der Waals surface area contributed by atoms with Crippen molar-refractivity contribution in [1.82, 2.24) is 0 Å². The Morgan fingerprint density at radius 1 is 1.00 bits per heavy atom. The Kier molecular flexibility index (Phi) is 3.18. The van der Waals surface area contributed by atoms with Crippen molar-refractivity contribution in [3.8, 4) is 11.5 Å². The molecule has 0 fully saturated rings. The molecule has 2 aliphatic heterocycles. The molecule has 5 rings (SSSR count). The molecule has 1 unspecified atom stereocenters. The molecule has 0 saturated heterocycles. The van der Waals surface area contributed by atoms with Crippen LogP contribution in [-0.2, 0) is 5.41 Å². The molecule has 0 saturated carbocycles. The van der Waals surface area contributed by atoms with Crippen LogP contribution in [0.5, 0.6) is 11.5 Å². The van der Waals surface area contributed by atoms with Gasteiger partial charge in [0.1, 0.15) is 0 Å². The number of fused-ring (bicyclic) bond motifs is 4. The second-order valence-corrected chi connectivity index (χ2v) is 7.88. The number of rotatable bonds is 1. The number of para-hydroxylation sites is 1. The summed E-state index contributed by atoms with van der Waals surface area (Å²) in [5.41, 5.74) is 2.76. The number of likely N-dealkylation sites (N-methyl/N-ethyl adjacent to an activating group) is 1. The summed E-state index contributed by atoms with van der Waals surface area (Å²) in [5.74, 6) is 1.58. The van der Waals surface area contributed by atoms with Crippen LogP contribution >= 0.6 is 0 Å². The smallest absolute Gasteiger partial charge is 0.212 e. The molecule has 2 aliphatic rings. The number of anilines is 1. The number of benzene rings is 3. The summed E-state index contributed by atoms with van der Waals surface area (Å²) in [4.78, 5) is 2.25. The number of ether oxygens (including phenoxy) is 2. The molecule has 0 amide bonds. The molecule has 136 valence electrons. The summed E-state index contributed by atoms with van der Waals surface area (Å²) in [5, 5.41) is 2.33. The number of methoxy groups -OCH3 is 1. The lowest BCUT2D eigenvalue weighted by Gasteiger charge is -2.46. The van der Waals surface area contributed by atoms with Gasteiger partial charge in [0, 0.05) is 18.3 Å². The summed E-state index contributed by atoms with van der Waals surface area (Å²) in [6.07, 6.45) is 4.41. The number of hydrogen-bond donors (Lipinski definition) is 0. The highest BCUT2D eigenvalue weighted by atomic mass is 16.5. The molecule has 3 nitrogen and oxygen atoms in total. The first kappa shape index (κ1) is 16.2. The van der Waals surface area contributed by atoms with Gasteiger partial charge in [-0.25, -0.2) is 0 Å². The number of nitrogens with zero attached hydrogens (tertiary/aromatic N) is 1. The highest BCUT2D eigenvalue weighted by molar-refractivity contribution is 5.96. The minimum absolute atomic E-state index is 0.219. The zero-order valence-corrected chi connectivity index (χ0v) is 16.1. The molecule has 27 heavy (non-hydrogen) atoms. The summed E-state index contributed by atoms with van der Waals surface area (Å²) in [7, 11) is 3.81. The molecule has 2 heterocycles. The molecule has 3 aromatic rings. The summed E-state index contributed by atoms with van der Waals surface area (Å²) in [6, 6.07) is 19.0. The second kappa shape index (κ2) is 5.29. The molecule has 0 aromatic heterocycles. The predicted octanol–water partition coefficient (Wildman–Crippen LogP) is 5.38. The molecule has 1 spiro atoms. The van der Waals surface area contributed by atoms with Crippen LogP contribution in [0.15, 0.2) is 60.7 Å². The maximum absolute atomic E-state index is 6.83. The lowest BCUT2D eigenvalue weighted by Crippen LogP contribution is -2.58. The average molecular weight is 357 g/mol. The third-order valence-electron chi connectivity index (χ3n) is 6.29. The van der Waals surface area contributed by atoms with Gasteiger partial charge in [-0.05, 0) is 54.5 Å². The summed E-state index contributed by atoms with van der Waals surface area (Å²) < 4.78 is 12.6. The molecule has 0 N–H and O–H groups in total. The fourth-order valence-electron chi connectivity index (χ4n) is 4.74. The Morgan fingerprint density at radius 3 is 2.52 bits per heavy atom. The molecule has 0 bridgehead atoms. The topological polar surface area (TPSA) is 21.7 Å². The first-order valence-electron chi connectivity index (χ1n) is 9.31. The van der Waals surface area contributed by atoms with Crippen LogP contribution < -0.4 is 14.4 Å². The predicted molar refractivity (Wildman–Crippen MR) is 111 cm³/mol. The van der Waals surface area contributed by atoms with Gasteiger partial charge in [0.25, 0.3) is 0 Å². The summed E-state index contributed by atoms with van der Waals surface area (Å²) >= 11 is 0. The average Bonchev–Trinajstić information content (AvgIpc) is 2.86. The van der Waals surface area contributed by atoms with Crippen LogP contribution in [0.2, 0.25) is 0 Å². The van der Waals surface area contributed by atoms with Gasteiger partial charge in [-0.3, -0.25) is 0 Å². The Hall–Kier alpha value is -2.94. The third kappa shape index (κ3) is 1.92. The molecule has 0 radical (unpaired) electrons. The molecule has 3 heteroatoms. The monoisotopic (exact) mass is 357 g/mol. The molecule has 1 atom stereocenters. The van der Waals surface area contributed by atoms with E-state index in [0.29, 0.717) is 0 Å². The molecule has 0 aliphatic carbocycles. The van der Waals surface area contributed by atoms with E-state index in [0.717, 1.165) is 22.4 Å². The van der Waals surface area contributed by atoms with E-state index in [4.69, 9.17) is 9.47 Å². The minimum atomic E-state index is -0.598. The Balaban J connectivity index is 1.76. The van der Waals surface area contributed by atoms with Crippen LogP contribution in [0, 0.1) is 0 Å². The fraction of sp³-hybridized carbons (Fsp3) is 0.250. The quantitative estimate of drug-likeness (QED) is 0.584. The van der Waals surface area contributed by atoms with E-state index >= 15 is 0 Å². The van der Waals surface area contributed by atoms with E-state index in [1.807, 2.05) is 6.07 Å². The van der Waals surface area contributed by atoms with Crippen LogP contribution in [-0.4, -0.2) is 19.9 Å². The van der Waals surface area contributed by atoms with Crippen molar-refractivity contribution in [3.05, 3.63) is 71.8 Å². The Labute approximate surface area is 159 Å². The molecular weight excluding hydrogens is 334 g/mol. The van der Waals surface area contributed by atoms with Gasteiger partial charge in [-0.1, -0.05) is 42.5 Å².